The van der Waals surface area contributed by atoms with E-state index in [1.165, 1.54) is 6.07 Å². The molecule has 0 aromatic heterocycles. The summed E-state index contributed by atoms with van der Waals surface area (Å²) >= 11 is 9.50. The van der Waals surface area contributed by atoms with Crippen molar-refractivity contribution in [2.75, 3.05) is 0 Å². The molecule has 0 radical (unpaired) electrons. The van der Waals surface area contributed by atoms with Crippen LogP contribution in [0.25, 0.3) is 0 Å². The van der Waals surface area contributed by atoms with Crippen LogP contribution in [0.15, 0.2) is 40.9 Å². The summed E-state index contributed by atoms with van der Waals surface area (Å²) in [4.78, 5) is 0. The fourth-order valence-electron chi connectivity index (χ4n) is 2.47. The van der Waals surface area contributed by atoms with Crippen LogP contribution in [0.5, 0.6) is 5.75 Å². The number of hydrogen-bond acceptors (Lipinski definition) is 2. The fourth-order valence-corrected chi connectivity index (χ4v) is 3.13. The maximum Gasteiger partial charge on any atom is 0.131 e. The van der Waals surface area contributed by atoms with Crippen molar-refractivity contribution in [1.29, 1.82) is 0 Å². The van der Waals surface area contributed by atoms with Gasteiger partial charge in [-0.2, -0.15) is 0 Å². The lowest BCUT2D eigenvalue weighted by Gasteiger charge is -2.31. The van der Waals surface area contributed by atoms with Gasteiger partial charge in [-0.25, -0.2) is 4.39 Å². The highest BCUT2D eigenvalue weighted by Crippen LogP contribution is 2.42. The average molecular weight is 357 g/mol. The molecule has 2 aromatic carbocycles. The van der Waals surface area contributed by atoms with Crippen LogP contribution in [-0.4, -0.2) is 0 Å². The molecule has 0 saturated carbocycles. The van der Waals surface area contributed by atoms with Crippen molar-refractivity contribution in [3.05, 3.63) is 62.8 Å². The van der Waals surface area contributed by atoms with E-state index in [1.807, 2.05) is 18.2 Å². The van der Waals surface area contributed by atoms with Crippen molar-refractivity contribution in [2.24, 2.45) is 5.73 Å². The van der Waals surface area contributed by atoms with Gasteiger partial charge in [-0.3, -0.25) is 0 Å². The lowest BCUT2D eigenvalue weighted by molar-refractivity contribution is 0.157. The Bertz CT molecular complexity index is 644. The molecule has 0 amide bonds. The normalized spacial score (nSPS) is 21.2. The minimum absolute atomic E-state index is 0.211. The van der Waals surface area contributed by atoms with Gasteiger partial charge in [-0.1, -0.05) is 33.6 Å². The summed E-state index contributed by atoms with van der Waals surface area (Å²) in [6, 6.07) is 10.0. The number of halogens is 3. The Morgan fingerprint density at radius 1 is 1.30 bits per heavy atom. The smallest absolute Gasteiger partial charge is 0.131 e. The Balaban J connectivity index is 2.01. The first-order valence-electron chi connectivity index (χ1n) is 6.22. The molecule has 104 valence electrons. The summed E-state index contributed by atoms with van der Waals surface area (Å²) in [6.45, 7) is 0. The first-order valence-corrected chi connectivity index (χ1v) is 7.39. The molecule has 5 heteroatoms. The molecule has 3 rings (SSSR count). The van der Waals surface area contributed by atoms with Gasteiger partial charge in [-0.05, 0) is 30.3 Å². The summed E-state index contributed by atoms with van der Waals surface area (Å²) < 4.78 is 20.8. The van der Waals surface area contributed by atoms with E-state index in [0.29, 0.717) is 22.8 Å². The predicted molar refractivity (Wildman–Crippen MR) is 80.5 cm³/mol. The van der Waals surface area contributed by atoms with E-state index in [9.17, 15) is 4.39 Å². The number of hydrogen-bond donors (Lipinski definition) is 1. The maximum absolute atomic E-state index is 14.0. The molecule has 20 heavy (non-hydrogen) atoms. The van der Waals surface area contributed by atoms with Crippen molar-refractivity contribution in [3.8, 4) is 5.75 Å². The summed E-state index contributed by atoms with van der Waals surface area (Å²) in [7, 11) is 0. The number of benzene rings is 2. The molecule has 0 bridgehead atoms. The van der Waals surface area contributed by atoms with Crippen molar-refractivity contribution < 1.29 is 9.13 Å². The molecule has 0 saturated heterocycles. The summed E-state index contributed by atoms with van der Waals surface area (Å²) in [5.74, 6) is 0.312. The van der Waals surface area contributed by atoms with E-state index in [4.69, 9.17) is 22.1 Å². The van der Waals surface area contributed by atoms with Gasteiger partial charge in [0, 0.05) is 28.1 Å². The zero-order chi connectivity index (χ0) is 14.3. The Labute approximate surface area is 129 Å². The third kappa shape index (κ3) is 2.43. The Kier molecular flexibility index (Phi) is 3.71. The summed E-state index contributed by atoms with van der Waals surface area (Å²) in [6.07, 6.45) is 0.0248. The number of ether oxygens (including phenoxy) is 1. The fraction of sp³-hybridized carbons (Fsp3) is 0.200. The van der Waals surface area contributed by atoms with E-state index in [1.54, 1.807) is 12.1 Å². The van der Waals surface area contributed by atoms with E-state index in [2.05, 4.69) is 15.9 Å². The molecule has 2 N–H and O–H groups in total. The van der Waals surface area contributed by atoms with Crippen LogP contribution in [0.2, 0.25) is 5.02 Å². The largest absolute Gasteiger partial charge is 0.485 e. The van der Waals surface area contributed by atoms with Gasteiger partial charge in [-0.15, -0.1) is 0 Å². The van der Waals surface area contributed by atoms with E-state index in [-0.39, 0.29) is 11.9 Å². The van der Waals surface area contributed by atoms with Crippen molar-refractivity contribution in [1.82, 2.24) is 0 Å². The topological polar surface area (TPSA) is 35.2 Å². The van der Waals surface area contributed by atoms with E-state index < -0.39 is 6.10 Å². The zero-order valence-electron chi connectivity index (χ0n) is 10.4. The molecule has 0 aliphatic carbocycles. The second-order valence-corrected chi connectivity index (χ2v) is 6.09. The van der Waals surface area contributed by atoms with Gasteiger partial charge in [0.15, 0.2) is 0 Å². The minimum Gasteiger partial charge on any atom is -0.485 e. The minimum atomic E-state index is -0.465. The Morgan fingerprint density at radius 3 is 2.85 bits per heavy atom. The SMILES string of the molecule is N[C@H]1CC(c2c(F)cccc2Cl)Oc2ccc(Br)cc21. The molecule has 2 nitrogen and oxygen atoms in total. The van der Waals surface area contributed by atoms with Crippen LogP contribution in [0.1, 0.15) is 29.7 Å². The monoisotopic (exact) mass is 355 g/mol. The lowest BCUT2D eigenvalue weighted by Crippen LogP contribution is -2.25. The van der Waals surface area contributed by atoms with Gasteiger partial charge in [0.25, 0.3) is 0 Å². The highest BCUT2D eigenvalue weighted by atomic mass is 79.9. The lowest BCUT2D eigenvalue weighted by atomic mass is 9.93. The van der Waals surface area contributed by atoms with Gasteiger partial charge in [0.05, 0.1) is 5.02 Å². The van der Waals surface area contributed by atoms with Crippen LogP contribution in [0.3, 0.4) is 0 Å². The molecule has 1 aliphatic rings. The second kappa shape index (κ2) is 5.35. The van der Waals surface area contributed by atoms with Gasteiger partial charge in [0.1, 0.15) is 17.7 Å². The first kappa shape index (κ1) is 13.9. The van der Waals surface area contributed by atoms with Crippen LogP contribution >= 0.6 is 27.5 Å². The van der Waals surface area contributed by atoms with Crippen molar-refractivity contribution in [3.63, 3.8) is 0 Å². The molecule has 1 aliphatic heterocycles. The first-order chi connectivity index (χ1) is 9.56. The molecule has 2 aromatic rings. The molecule has 2 atom stereocenters. The maximum atomic E-state index is 14.0. The summed E-state index contributed by atoms with van der Waals surface area (Å²) in [5, 5.41) is 0.364. The third-order valence-corrected chi connectivity index (χ3v) is 4.25. The van der Waals surface area contributed by atoms with Crippen molar-refractivity contribution in [2.45, 2.75) is 18.6 Å². The molecule has 0 fully saturated rings. The molecule has 0 spiro atoms. The van der Waals surface area contributed by atoms with Gasteiger partial charge < -0.3 is 10.5 Å². The zero-order valence-corrected chi connectivity index (χ0v) is 12.8. The Hall–Kier alpha value is -1.10. The number of fused-ring (bicyclic) bond motifs is 1. The van der Waals surface area contributed by atoms with Crippen LogP contribution < -0.4 is 10.5 Å². The van der Waals surface area contributed by atoms with Crippen LogP contribution in [-0.2, 0) is 0 Å². The van der Waals surface area contributed by atoms with Gasteiger partial charge in [0.2, 0.25) is 0 Å². The quantitative estimate of drug-likeness (QED) is 0.799. The number of nitrogens with two attached hydrogens (primary N) is 1. The summed E-state index contributed by atoms with van der Waals surface area (Å²) in [5.41, 5.74) is 7.47. The highest BCUT2D eigenvalue weighted by Gasteiger charge is 2.30. The molecule has 1 heterocycles. The highest BCUT2D eigenvalue weighted by molar-refractivity contribution is 9.10. The van der Waals surface area contributed by atoms with Gasteiger partial charge >= 0.3 is 0 Å². The molecule has 1 unspecified atom stereocenters. The van der Waals surface area contributed by atoms with Crippen molar-refractivity contribution >= 4 is 27.5 Å². The molecular weight excluding hydrogens is 345 g/mol. The van der Waals surface area contributed by atoms with Crippen LogP contribution in [0, 0.1) is 5.82 Å². The third-order valence-electron chi connectivity index (χ3n) is 3.43. The Morgan fingerprint density at radius 2 is 2.10 bits per heavy atom. The standard InChI is InChI=1S/C15H12BrClFNO/c16-8-4-5-13-9(6-8)12(19)7-14(20-13)15-10(17)2-1-3-11(15)18/h1-6,12,14H,7,19H2/t12-,14?/m0/s1. The van der Waals surface area contributed by atoms with E-state index in [0.717, 1.165) is 10.0 Å². The molecular formula is C15H12BrClFNO. The number of rotatable bonds is 1. The average Bonchev–Trinajstić information content (AvgIpc) is 2.39. The predicted octanol–water partition coefficient (Wildman–Crippen LogP) is 4.77. The van der Waals surface area contributed by atoms with E-state index >= 15 is 0 Å². The second-order valence-electron chi connectivity index (χ2n) is 4.77. The van der Waals surface area contributed by atoms with Crippen LogP contribution in [0.4, 0.5) is 4.39 Å².